The molecule has 0 radical (unpaired) electrons. The summed E-state index contributed by atoms with van der Waals surface area (Å²) >= 11 is 1.65. The zero-order valence-corrected chi connectivity index (χ0v) is 7.30. The number of aldehydes is 1. The van der Waals surface area contributed by atoms with Gasteiger partial charge in [0.25, 0.3) is 0 Å². The summed E-state index contributed by atoms with van der Waals surface area (Å²) in [5, 5.41) is 3.09. The normalized spacial score (nSPS) is 12.8. The van der Waals surface area contributed by atoms with Crippen molar-refractivity contribution in [3.8, 4) is 0 Å². The number of thiazole rings is 1. The Morgan fingerprint density at radius 3 is 3.18 bits per heavy atom. The van der Waals surface area contributed by atoms with Crippen LogP contribution in [0.3, 0.4) is 0 Å². The summed E-state index contributed by atoms with van der Waals surface area (Å²) in [4.78, 5) is 14.3. The molecule has 1 atom stereocenters. The van der Waals surface area contributed by atoms with Gasteiger partial charge in [-0.25, -0.2) is 4.98 Å². The molecular formula is C8H11NOS. The maximum absolute atomic E-state index is 10.1. The molecule has 0 aliphatic heterocycles. The van der Waals surface area contributed by atoms with Crippen LogP contribution in [0.4, 0.5) is 0 Å². The van der Waals surface area contributed by atoms with E-state index in [1.807, 2.05) is 5.38 Å². The van der Waals surface area contributed by atoms with Crippen molar-refractivity contribution in [2.24, 2.45) is 5.92 Å². The van der Waals surface area contributed by atoms with Crippen LogP contribution in [0.15, 0.2) is 11.6 Å². The van der Waals surface area contributed by atoms with Gasteiger partial charge in [0, 0.05) is 24.4 Å². The van der Waals surface area contributed by atoms with Crippen molar-refractivity contribution in [1.82, 2.24) is 4.98 Å². The van der Waals surface area contributed by atoms with E-state index in [9.17, 15) is 4.79 Å². The minimum absolute atomic E-state index is 0.429. The molecule has 0 aliphatic carbocycles. The molecule has 1 heterocycles. The van der Waals surface area contributed by atoms with Crippen molar-refractivity contribution < 1.29 is 4.79 Å². The summed E-state index contributed by atoms with van der Waals surface area (Å²) in [5.41, 5.74) is 0. The van der Waals surface area contributed by atoms with Crippen molar-refractivity contribution in [3.05, 3.63) is 16.6 Å². The summed E-state index contributed by atoms with van der Waals surface area (Å²) < 4.78 is 0. The highest BCUT2D eigenvalue weighted by Gasteiger charge is 2.03. The highest BCUT2D eigenvalue weighted by Crippen LogP contribution is 2.12. The lowest BCUT2D eigenvalue weighted by Gasteiger charge is -2.02. The van der Waals surface area contributed by atoms with E-state index in [0.717, 1.165) is 17.7 Å². The Labute approximate surface area is 70.3 Å². The molecule has 2 nitrogen and oxygen atoms in total. The van der Waals surface area contributed by atoms with Crippen LogP contribution in [0.1, 0.15) is 18.4 Å². The van der Waals surface area contributed by atoms with Crippen LogP contribution in [-0.2, 0) is 11.2 Å². The zero-order valence-electron chi connectivity index (χ0n) is 6.49. The number of nitrogens with zero attached hydrogens (tertiary/aromatic N) is 1. The monoisotopic (exact) mass is 169 g/mol. The first kappa shape index (κ1) is 8.40. The average molecular weight is 169 g/mol. The lowest BCUT2D eigenvalue weighted by atomic mass is 10.1. The summed E-state index contributed by atoms with van der Waals surface area (Å²) in [6.07, 6.45) is 4.34. The van der Waals surface area contributed by atoms with Crippen LogP contribution >= 0.6 is 11.3 Å². The van der Waals surface area contributed by atoms with Gasteiger partial charge >= 0.3 is 0 Å². The molecular weight excluding hydrogens is 158 g/mol. The van der Waals surface area contributed by atoms with E-state index >= 15 is 0 Å². The first-order valence-corrected chi connectivity index (χ1v) is 4.53. The van der Waals surface area contributed by atoms with Crippen molar-refractivity contribution in [3.63, 3.8) is 0 Å². The van der Waals surface area contributed by atoms with Gasteiger partial charge in [-0.05, 0) is 5.92 Å². The predicted octanol–water partition coefficient (Wildman–Crippen LogP) is 1.91. The Hall–Kier alpha value is -0.700. The van der Waals surface area contributed by atoms with Gasteiger partial charge < -0.3 is 4.79 Å². The van der Waals surface area contributed by atoms with Gasteiger partial charge in [-0.1, -0.05) is 6.92 Å². The second-order valence-corrected chi connectivity index (χ2v) is 3.62. The molecule has 1 aromatic rings. The van der Waals surface area contributed by atoms with Gasteiger partial charge in [0.15, 0.2) is 0 Å². The molecule has 0 fully saturated rings. The maximum Gasteiger partial charge on any atom is 0.120 e. The zero-order chi connectivity index (χ0) is 8.10. The fourth-order valence-corrected chi connectivity index (χ4v) is 1.68. The van der Waals surface area contributed by atoms with Crippen molar-refractivity contribution in [2.75, 3.05) is 0 Å². The molecule has 60 valence electrons. The number of aromatic nitrogens is 1. The molecule has 0 N–H and O–H groups in total. The van der Waals surface area contributed by atoms with E-state index < -0.39 is 0 Å². The van der Waals surface area contributed by atoms with E-state index in [-0.39, 0.29) is 0 Å². The fourth-order valence-electron chi connectivity index (χ4n) is 0.899. The van der Waals surface area contributed by atoms with Gasteiger partial charge in [0.1, 0.15) is 6.29 Å². The van der Waals surface area contributed by atoms with Crippen molar-refractivity contribution in [1.29, 1.82) is 0 Å². The average Bonchev–Trinajstić information content (AvgIpc) is 2.40. The molecule has 0 aromatic carbocycles. The third-order valence-electron chi connectivity index (χ3n) is 1.51. The molecule has 0 bridgehead atoms. The smallest absolute Gasteiger partial charge is 0.120 e. The van der Waals surface area contributed by atoms with Crippen molar-refractivity contribution >= 4 is 17.6 Å². The minimum atomic E-state index is 0.429. The lowest BCUT2D eigenvalue weighted by molar-refractivity contribution is -0.108. The van der Waals surface area contributed by atoms with Crippen LogP contribution in [0, 0.1) is 5.92 Å². The molecule has 1 aromatic heterocycles. The summed E-state index contributed by atoms with van der Waals surface area (Å²) in [6.45, 7) is 2.07. The molecule has 3 heteroatoms. The summed E-state index contributed by atoms with van der Waals surface area (Å²) in [7, 11) is 0. The van der Waals surface area contributed by atoms with E-state index in [2.05, 4.69) is 11.9 Å². The van der Waals surface area contributed by atoms with Crippen LogP contribution in [-0.4, -0.2) is 11.3 Å². The van der Waals surface area contributed by atoms with Gasteiger partial charge in [0.05, 0.1) is 5.01 Å². The van der Waals surface area contributed by atoms with Crippen LogP contribution in [0.25, 0.3) is 0 Å². The molecule has 0 saturated heterocycles. The highest BCUT2D eigenvalue weighted by atomic mass is 32.1. The second kappa shape index (κ2) is 4.23. The van der Waals surface area contributed by atoms with Crippen LogP contribution in [0.5, 0.6) is 0 Å². The van der Waals surface area contributed by atoms with Gasteiger partial charge in [-0.3, -0.25) is 0 Å². The number of hydrogen-bond acceptors (Lipinski definition) is 3. The van der Waals surface area contributed by atoms with E-state index in [0.29, 0.717) is 12.3 Å². The summed E-state index contributed by atoms with van der Waals surface area (Å²) in [6, 6.07) is 0. The quantitative estimate of drug-likeness (QED) is 0.644. The van der Waals surface area contributed by atoms with Crippen LogP contribution < -0.4 is 0 Å². The fraction of sp³-hybridized carbons (Fsp3) is 0.500. The van der Waals surface area contributed by atoms with E-state index in [1.165, 1.54) is 0 Å². The topological polar surface area (TPSA) is 30.0 Å². The second-order valence-electron chi connectivity index (χ2n) is 2.64. The molecule has 0 spiro atoms. The van der Waals surface area contributed by atoms with E-state index in [4.69, 9.17) is 0 Å². The molecule has 1 rings (SSSR count). The Morgan fingerprint density at radius 1 is 1.82 bits per heavy atom. The number of carbonyl (C=O) groups excluding carboxylic acids is 1. The van der Waals surface area contributed by atoms with E-state index in [1.54, 1.807) is 17.5 Å². The lowest BCUT2D eigenvalue weighted by Crippen LogP contribution is -1.99. The first-order valence-electron chi connectivity index (χ1n) is 3.65. The molecule has 0 aliphatic rings. The Morgan fingerprint density at radius 2 is 2.64 bits per heavy atom. The van der Waals surface area contributed by atoms with Gasteiger partial charge in [0.2, 0.25) is 0 Å². The standard InChI is InChI=1S/C8H11NOS/c1-7(2-4-10)6-8-9-3-5-11-8/h3-5,7H,2,6H2,1H3. The molecule has 11 heavy (non-hydrogen) atoms. The molecule has 0 amide bonds. The predicted molar refractivity (Wildman–Crippen MR) is 45.7 cm³/mol. The molecule has 0 saturated carbocycles. The van der Waals surface area contributed by atoms with Gasteiger partial charge in [-0.15, -0.1) is 11.3 Å². The van der Waals surface area contributed by atoms with Crippen molar-refractivity contribution in [2.45, 2.75) is 19.8 Å². The number of rotatable bonds is 4. The summed E-state index contributed by atoms with van der Waals surface area (Å²) in [5.74, 6) is 0.429. The Kier molecular flexibility index (Phi) is 3.23. The maximum atomic E-state index is 10.1. The SMILES string of the molecule is CC(CC=O)Cc1nccs1. The highest BCUT2D eigenvalue weighted by molar-refractivity contribution is 7.09. The Balaban J connectivity index is 2.37. The largest absolute Gasteiger partial charge is 0.303 e. The van der Waals surface area contributed by atoms with Gasteiger partial charge in [-0.2, -0.15) is 0 Å². The number of hydrogen-bond donors (Lipinski definition) is 0. The van der Waals surface area contributed by atoms with Crippen LogP contribution in [0.2, 0.25) is 0 Å². The first-order chi connectivity index (χ1) is 5.33. The molecule has 1 unspecified atom stereocenters. The third-order valence-corrected chi connectivity index (χ3v) is 2.31. The minimum Gasteiger partial charge on any atom is -0.303 e. The Bertz CT molecular complexity index is 208. The third kappa shape index (κ3) is 2.80. The number of carbonyl (C=O) groups is 1.